The predicted octanol–water partition coefficient (Wildman–Crippen LogP) is 1.57. The maximum Gasteiger partial charge on any atom is 0.330 e. The number of hydrogen-bond acceptors (Lipinski definition) is 2. The van der Waals surface area contributed by atoms with Crippen LogP contribution in [0.1, 0.15) is 12.8 Å². The topological polar surface area (TPSA) is 46.5 Å². The number of carboxylic acids is 1. The zero-order chi connectivity index (χ0) is 8.85. The van der Waals surface area contributed by atoms with Crippen LogP contribution in [0.5, 0.6) is 0 Å². The maximum absolute atomic E-state index is 10.2. The zero-order valence-electron chi connectivity index (χ0n) is 6.59. The average Bonchev–Trinajstić information content (AvgIpc) is 1.99. The van der Waals surface area contributed by atoms with Crippen LogP contribution in [0, 0.1) is 0 Å². The molecule has 1 N–H and O–H groups in total. The summed E-state index contributed by atoms with van der Waals surface area (Å²) in [5, 5.41) is 8.40. The summed E-state index contributed by atoms with van der Waals surface area (Å²) in [7, 11) is 1.51. The standard InChI is InChI=1S/C8H12O3/c1-6(8(9)10)4-5-7(2)11-3/h1-2,4-5H2,3H3,(H,9,10). The van der Waals surface area contributed by atoms with E-state index in [1.807, 2.05) is 0 Å². The number of ether oxygens (including phenoxy) is 1. The predicted molar refractivity (Wildman–Crippen MR) is 42.2 cm³/mol. The van der Waals surface area contributed by atoms with Gasteiger partial charge in [-0.25, -0.2) is 4.79 Å². The number of methoxy groups -OCH3 is 1. The first-order valence-electron chi connectivity index (χ1n) is 3.20. The van der Waals surface area contributed by atoms with Crippen molar-refractivity contribution in [3.8, 4) is 0 Å². The number of carbonyl (C=O) groups is 1. The summed E-state index contributed by atoms with van der Waals surface area (Å²) >= 11 is 0. The number of rotatable bonds is 5. The molecule has 0 aliphatic rings. The average molecular weight is 156 g/mol. The fourth-order valence-corrected chi connectivity index (χ4v) is 0.499. The second-order valence-corrected chi connectivity index (χ2v) is 2.15. The largest absolute Gasteiger partial charge is 0.502 e. The van der Waals surface area contributed by atoms with Crippen molar-refractivity contribution in [2.24, 2.45) is 0 Å². The molecule has 0 saturated carbocycles. The minimum Gasteiger partial charge on any atom is -0.502 e. The van der Waals surface area contributed by atoms with Gasteiger partial charge in [0.2, 0.25) is 0 Å². The lowest BCUT2D eigenvalue weighted by molar-refractivity contribution is -0.132. The number of carboxylic acid groups (broad SMARTS) is 1. The molecule has 0 heterocycles. The Hall–Kier alpha value is -1.25. The number of aliphatic carboxylic acids is 1. The van der Waals surface area contributed by atoms with E-state index in [9.17, 15) is 4.79 Å². The minimum atomic E-state index is -0.964. The number of allylic oxidation sites excluding steroid dienone is 1. The van der Waals surface area contributed by atoms with Gasteiger partial charge in [0.25, 0.3) is 0 Å². The van der Waals surface area contributed by atoms with E-state index in [4.69, 9.17) is 9.84 Å². The Bertz CT molecular complexity index is 182. The summed E-state index contributed by atoms with van der Waals surface area (Å²) in [6.45, 7) is 6.91. The van der Waals surface area contributed by atoms with Crippen molar-refractivity contribution in [3.63, 3.8) is 0 Å². The van der Waals surface area contributed by atoms with Crippen LogP contribution in [-0.2, 0) is 9.53 Å². The van der Waals surface area contributed by atoms with Crippen LogP contribution in [0.15, 0.2) is 24.5 Å². The van der Waals surface area contributed by atoms with Crippen LogP contribution in [0.4, 0.5) is 0 Å². The molecule has 0 aromatic heterocycles. The molecule has 0 radical (unpaired) electrons. The van der Waals surface area contributed by atoms with E-state index in [1.54, 1.807) is 0 Å². The molecule has 0 rings (SSSR count). The third-order valence-electron chi connectivity index (χ3n) is 1.30. The Morgan fingerprint density at radius 3 is 2.36 bits per heavy atom. The highest BCUT2D eigenvalue weighted by Gasteiger charge is 2.03. The summed E-state index contributed by atoms with van der Waals surface area (Å²) in [5.74, 6) is -0.388. The van der Waals surface area contributed by atoms with Crippen molar-refractivity contribution < 1.29 is 14.6 Å². The molecule has 62 valence electrons. The minimum absolute atomic E-state index is 0.184. The Morgan fingerprint density at radius 2 is 2.00 bits per heavy atom. The maximum atomic E-state index is 10.2. The van der Waals surface area contributed by atoms with E-state index >= 15 is 0 Å². The first-order chi connectivity index (χ1) is 5.07. The fourth-order valence-electron chi connectivity index (χ4n) is 0.499. The van der Waals surface area contributed by atoms with Gasteiger partial charge in [0.05, 0.1) is 12.9 Å². The van der Waals surface area contributed by atoms with Crippen LogP contribution < -0.4 is 0 Å². The normalized spacial score (nSPS) is 8.82. The van der Waals surface area contributed by atoms with Gasteiger partial charge in [-0.1, -0.05) is 13.2 Å². The molecule has 0 aliphatic carbocycles. The molecule has 3 heteroatoms. The summed E-state index contributed by atoms with van der Waals surface area (Å²) in [6.07, 6.45) is 0.906. The Labute approximate surface area is 66.0 Å². The first-order valence-corrected chi connectivity index (χ1v) is 3.20. The van der Waals surface area contributed by atoms with Crippen LogP contribution in [0.3, 0.4) is 0 Å². The van der Waals surface area contributed by atoms with E-state index in [-0.39, 0.29) is 5.57 Å². The van der Waals surface area contributed by atoms with Gasteiger partial charge in [0.1, 0.15) is 0 Å². The highest BCUT2D eigenvalue weighted by molar-refractivity contribution is 5.85. The van der Waals surface area contributed by atoms with Crippen molar-refractivity contribution in [1.29, 1.82) is 0 Å². The summed E-state index contributed by atoms with van der Waals surface area (Å²) < 4.78 is 4.75. The molecule has 3 nitrogen and oxygen atoms in total. The van der Waals surface area contributed by atoms with Crippen molar-refractivity contribution in [2.75, 3.05) is 7.11 Å². The molecule has 0 bridgehead atoms. The van der Waals surface area contributed by atoms with E-state index in [0.29, 0.717) is 18.6 Å². The quantitative estimate of drug-likeness (QED) is 0.485. The summed E-state index contributed by atoms with van der Waals surface area (Å²) in [6, 6.07) is 0. The highest BCUT2D eigenvalue weighted by Crippen LogP contribution is 2.08. The lowest BCUT2D eigenvalue weighted by Gasteiger charge is -2.02. The molecular formula is C8H12O3. The van der Waals surface area contributed by atoms with E-state index in [0.717, 1.165) is 0 Å². The molecule has 0 amide bonds. The van der Waals surface area contributed by atoms with Crippen molar-refractivity contribution >= 4 is 5.97 Å². The number of hydrogen-bond donors (Lipinski definition) is 1. The Morgan fingerprint density at radius 1 is 1.45 bits per heavy atom. The van der Waals surface area contributed by atoms with Crippen LogP contribution >= 0.6 is 0 Å². The Kier molecular flexibility index (Phi) is 4.03. The van der Waals surface area contributed by atoms with Gasteiger partial charge in [0, 0.05) is 12.0 Å². The van der Waals surface area contributed by atoms with Crippen LogP contribution in [0.25, 0.3) is 0 Å². The van der Waals surface area contributed by atoms with Gasteiger partial charge >= 0.3 is 5.97 Å². The third kappa shape index (κ3) is 4.19. The van der Waals surface area contributed by atoms with Gasteiger partial charge in [-0.15, -0.1) is 0 Å². The molecule has 0 aromatic carbocycles. The van der Waals surface area contributed by atoms with Crippen molar-refractivity contribution in [1.82, 2.24) is 0 Å². The molecule has 0 fully saturated rings. The molecular weight excluding hydrogens is 144 g/mol. The SMILES string of the molecule is C=C(CCC(=C)C(=O)O)OC. The second kappa shape index (κ2) is 4.55. The van der Waals surface area contributed by atoms with Crippen LogP contribution in [0.2, 0.25) is 0 Å². The first kappa shape index (κ1) is 9.75. The lowest BCUT2D eigenvalue weighted by Crippen LogP contribution is -1.99. The molecule has 0 spiro atoms. The Balaban J connectivity index is 3.63. The van der Waals surface area contributed by atoms with Gasteiger partial charge in [0.15, 0.2) is 0 Å². The van der Waals surface area contributed by atoms with Gasteiger partial charge in [-0.05, 0) is 6.42 Å². The van der Waals surface area contributed by atoms with Crippen molar-refractivity contribution in [3.05, 3.63) is 24.5 Å². The molecule has 0 aliphatic heterocycles. The van der Waals surface area contributed by atoms with E-state index < -0.39 is 5.97 Å². The van der Waals surface area contributed by atoms with Crippen LogP contribution in [-0.4, -0.2) is 18.2 Å². The van der Waals surface area contributed by atoms with Crippen molar-refractivity contribution in [2.45, 2.75) is 12.8 Å². The van der Waals surface area contributed by atoms with Gasteiger partial charge in [-0.3, -0.25) is 0 Å². The molecule has 11 heavy (non-hydrogen) atoms. The van der Waals surface area contributed by atoms with Gasteiger partial charge in [-0.2, -0.15) is 0 Å². The molecule has 0 saturated heterocycles. The molecule has 0 atom stereocenters. The second-order valence-electron chi connectivity index (χ2n) is 2.15. The highest BCUT2D eigenvalue weighted by atomic mass is 16.5. The summed E-state index contributed by atoms with van der Waals surface area (Å²) in [4.78, 5) is 10.2. The van der Waals surface area contributed by atoms with Gasteiger partial charge < -0.3 is 9.84 Å². The van der Waals surface area contributed by atoms with E-state index in [1.165, 1.54) is 7.11 Å². The molecule has 0 aromatic rings. The third-order valence-corrected chi connectivity index (χ3v) is 1.30. The lowest BCUT2D eigenvalue weighted by atomic mass is 10.1. The van der Waals surface area contributed by atoms with E-state index in [2.05, 4.69) is 13.2 Å². The smallest absolute Gasteiger partial charge is 0.330 e. The molecule has 0 unspecified atom stereocenters. The monoisotopic (exact) mass is 156 g/mol. The summed E-state index contributed by atoms with van der Waals surface area (Å²) in [5.41, 5.74) is 0.184. The zero-order valence-corrected chi connectivity index (χ0v) is 6.59. The fraction of sp³-hybridized carbons (Fsp3) is 0.375.